The Morgan fingerprint density at radius 3 is 2.83 bits per heavy atom. The summed E-state index contributed by atoms with van der Waals surface area (Å²) in [4.78, 5) is 8.29. The topological polar surface area (TPSA) is 63.8 Å². The average Bonchev–Trinajstić information content (AvgIpc) is 2.39. The molecule has 94 valence electrons. The van der Waals surface area contributed by atoms with Crippen LogP contribution >= 0.6 is 23.4 Å². The minimum atomic E-state index is 0.645. The van der Waals surface area contributed by atoms with Crippen molar-refractivity contribution < 1.29 is 0 Å². The molecule has 0 fully saturated rings. The lowest BCUT2D eigenvalue weighted by atomic mass is 10.2. The molecule has 0 saturated heterocycles. The molecule has 0 aliphatic carbocycles. The Balaban J connectivity index is 2.14. The number of aromatic nitrogens is 2. The minimum absolute atomic E-state index is 0.645. The lowest BCUT2D eigenvalue weighted by Gasteiger charge is -2.08. The van der Waals surface area contributed by atoms with E-state index in [1.807, 2.05) is 31.2 Å². The molecule has 0 amide bonds. The first-order chi connectivity index (χ1) is 8.72. The van der Waals surface area contributed by atoms with Gasteiger partial charge in [0, 0.05) is 16.3 Å². The zero-order chi connectivity index (χ0) is 13.0. The van der Waals surface area contributed by atoms with E-state index in [0.29, 0.717) is 5.82 Å². The van der Waals surface area contributed by atoms with Crippen molar-refractivity contribution in [2.45, 2.75) is 17.7 Å². The molecule has 0 spiro atoms. The highest BCUT2D eigenvalue weighted by Crippen LogP contribution is 2.28. The average molecular weight is 281 g/mol. The largest absolute Gasteiger partial charge is 0.308 e. The van der Waals surface area contributed by atoms with Crippen LogP contribution in [0.3, 0.4) is 0 Å². The monoisotopic (exact) mass is 280 g/mol. The van der Waals surface area contributed by atoms with Crippen molar-refractivity contribution in [2.75, 3.05) is 5.43 Å². The lowest BCUT2D eigenvalue weighted by molar-refractivity contribution is 0.996. The summed E-state index contributed by atoms with van der Waals surface area (Å²) in [6.45, 7) is 1.93. The third-order valence-corrected chi connectivity index (χ3v) is 4.01. The van der Waals surface area contributed by atoms with Gasteiger partial charge in [0.25, 0.3) is 0 Å². The van der Waals surface area contributed by atoms with E-state index in [9.17, 15) is 0 Å². The molecular formula is C12H13ClN4S. The number of hydrogen-bond donors (Lipinski definition) is 2. The molecule has 6 heteroatoms. The van der Waals surface area contributed by atoms with Crippen LogP contribution in [0.15, 0.2) is 35.6 Å². The first-order valence-electron chi connectivity index (χ1n) is 5.36. The molecule has 0 saturated carbocycles. The fourth-order valence-corrected chi connectivity index (χ4v) is 2.75. The number of benzene rings is 1. The Hall–Kier alpha value is -1.30. The Morgan fingerprint density at radius 2 is 2.11 bits per heavy atom. The SMILES string of the molecule is Cc1c(NN)ncnc1SCc1ccccc1Cl. The van der Waals surface area contributed by atoms with Crippen LogP contribution in [-0.4, -0.2) is 9.97 Å². The summed E-state index contributed by atoms with van der Waals surface area (Å²) in [5.74, 6) is 6.79. The number of nitrogen functional groups attached to an aromatic ring is 1. The summed E-state index contributed by atoms with van der Waals surface area (Å²) in [6.07, 6.45) is 1.50. The summed E-state index contributed by atoms with van der Waals surface area (Å²) >= 11 is 7.72. The van der Waals surface area contributed by atoms with Crippen LogP contribution in [0.5, 0.6) is 0 Å². The van der Waals surface area contributed by atoms with E-state index in [0.717, 1.165) is 26.9 Å². The molecule has 18 heavy (non-hydrogen) atoms. The second-order valence-corrected chi connectivity index (χ2v) is 5.05. The van der Waals surface area contributed by atoms with Gasteiger partial charge in [-0.05, 0) is 18.6 Å². The van der Waals surface area contributed by atoms with Crippen molar-refractivity contribution in [3.63, 3.8) is 0 Å². The first-order valence-corrected chi connectivity index (χ1v) is 6.73. The number of halogens is 1. The third-order valence-electron chi connectivity index (χ3n) is 2.50. The molecule has 4 nitrogen and oxygen atoms in total. The van der Waals surface area contributed by atoms with Crippen molar-refractivity contribution in [3.05, 3.63) is 46.7 Å². The van der Waals surface area contributed by atoms with E-state index in [2.05, 4.69) is 15.4 Å². The summed E-state index contributed by atoms with van der Waals surface area (Å²) in [7, 11) is 0. The Morgan fingerprint density at radius 1 is 1.33 bits per heavy atom. The molecular weight excluding hydrogens is 268 g/mol. The first kappa shape index (κ1) is 13.1. The van der Waals surface area contributed by atoms with Gasteiger partial charge < -0.3 is 5.43 Å². The standard InChI is InChI=1S/C12H13ClN4S/c1-8-11(17-14)15-7-16-12(8)18-6-9-4-2-3-5-10(9)13/h2-5,7H,6,14H2,1H3,(H,15,16,17). The number of hydrazine groups is 1. The number of nitrogens with zero attached hydrogens (tertiary/aromatic N) is 2. The van der Waals surface area contributed by atoms with Gasteiger partial charge in [-0.25, -0.2) is 15.8 Å². The van der Waals surface area contributed by atoms with E-state index in [1.165, 1.54) is 6.33 Å². The fourth-order valence-electron chi connectivity index (χ4n) is 1.49. The normalized spacial score (nSPS) is 10.4. The van der Waals surface area contributed by atoms with Crippen LogP contribution in [0.4, 0.5) is 5.82 Å². The van der Waals surface area contributed by atoms with Gasteiger partial charge in [-0.3, -0.25) is 0 Å². The number of nitrogens with one attached hydrogen (secondary N) is 1. The number of rotatable bonds is 4. The third kappa shape index (κ3) is 2.93. The zero-order valence-corrected chi connectivity index (χ0v) is 11.4. The van der Waals surface area contributed by atoms with E-state index in [1.54, 1.807) is 11.8 Å². The molecule has 0 unspecified atom stereocenters. The molecule has 0 atom stereocenters. The Labute approximate surface area is 115 Å². The highest BCUT2D eigenvalue weighted by molar-refractivity contribution is 7.98. The predicted octanol–water partition coefficient (Wildman–Crippen LogP) is 3.02. The van der Waals surface area contributed by atoms with Gasteiger partial charge in [0.15, 0.2) is 0 Å². The van der Waals surface area contributed by atoms with E-state index < -0.39 is 0 Å². The van der Waals surface area contributed by atoms with Crippen LogP contribution in [0.25, 0.3) is 0 Å². The van der Waals surface area contributed by atoms with Crippen LogP contribution in [0.2, 0.25) is 5.02 Å². The summed E-state index contributed by atoms with van der Waals surface area (Å²) in [5.41, 5.74) is 4.58. The number of nitrogens with two attached hydrogens (primary N) is 1. The minimum Gasteiger partial charge on any atom is -0.308 e. The Bertz CT molecular complexity index is 547. The van der Waals surface area contributed by atoms with Crippen molar-refractivity contribution in [1.29, 1.82) is 0 Å². The smallest absolute Gasteiger partial charge is 0.147 e. The molecule has 1 aromatic heterocycles. The molecule has 0 aliphatic heterocycles. The van der Waals surface area contributed by atoms with Gasteiger partial charge in [-0.1, -0.05) is 29.8 Å². The molecule has 0 radical (unpaired) electrons. The fraction of sp³-hybridized carbons (Fsp3) is 0.167. The summed E-state index contributed by atoms with van der Waals surface area (Å²) in [6, 6.07) is 7.79. The van der Waals surface area contributed by atoms with Crippen molar-refractivity contribution in [3.8, 4) is 0 Å². The van der Waals surface area contributed by atoms with E-state index in [4.69, 9.17) is 17.4 Å². The van der Waals surface area contributed by atoms with Crippen LogP contribution in [0, 0.1) is 6.92 Å². The molecule has 0 aliphatic rings. The van der Waals surface area contributed by atoms with Crippen LogP contribution in [-0.2, 0) is 5.75 Å². The maximum absolute atomic E-state index is 6.11. The van der Waals surface area contributed by atoms with Gasteiger partial charge in [0.2, 0.25) is 0 Å². The molecule has 1 heterocycles. The second-order valence-electron chi connectivity index (χ2n) is 3.68. The zero-order valence-electron chi connectivity index (χ0n) is 9.85. The maximum Gasteiger partial charge on any atom is 0.147 e. The highest BCUT2D eigenvalue weighted by Gasteiger charge is 2.07. The van der Waals surface area contributed by atoms with Crippen LogP contribution in [0.1, 0.15) is 11.1 Å². The Kier molecular flexibility index (Phi) is 4.41. The number of anilines is 1. The van der Waals surface area contributed by atoms with E-state index >= 15 is 0 Å². The quantitative estimate of drug-likeness (QED) is 0.390. The molecule has 0 bridgehead atoms. The van der Waals surface area contributed by atoms with Gasteiger partial charge >= 0.3 is 0 Å². The van der Waals surface area contributed by atoms with Gasteiger partial charge in [-0.2, -0.15) is 0 Å². The number of hydrogen-bond acceptors (Lipinski definition) is 5. The highest BCUT2D eigenvalue weighted by atomic mass is 35.5. The molecule has 2 rings (SSSR count). The molecule has 1 aromatic carbocycles. The molecule has 2 aromatic rings. The second kappa shape index (κ2) is 6.04. The molecule has 3 N–H and O–H groups in total. The van der Waals surface area contributed by atoms with Crippen molar-refractivity contribution in [2.24, 2.45) is 5.84 Å². The van der Waals surface area contributed by atoms with Gasteiger partial charge in [0.05, 0.1) is 0 Å². The summed E-state index contributed by atoms with van der Waals surface area (Å²) in [5, 5.41) is 1.67. The number of thioether (sulfide) groups is 1. The maximum atomic E-state index is 6.11. The predicted molar refractivity (Wildman–Crippen MR) is 75.6 cm³/mol. The van der Waals surface area contributed by atoms with E-state index in [-0.39, 0.29) is 0 Å². The lowest BCUT2D eigenvalue weighted by Crippen LogP contribution is -2.10. The van der Waals surface area contributed by atoms with Gasteiger partial charge in [-0.15, -0.1) is 11.8 Å². The van der Waals surface area contributed by atoms with Crippen molar-refractivity contribution >= 4 is 29.2 Å². The van der Waals surface area contributed by atoms with Gasteiger partial charge in [0.1, 0.15) is 17.2 Å². The van der Waals surface area contributed by atoms with Crippen molar-refractivity contribution in [1.82, 2.24) is 9.97 Å². The van der Waals surface area contributed by atoms with Crippen LogP contribution < -0.4 is 11.3 Å². The summed E-state index contributed by atoms with van der Waals surface area (Å²) < 4.78 is 0.